The fourth-order valence-corrected chi connectivity index (χ4v) is 3.85. The molecule has 8 heteroatoms. The summed E-state index contributed by atoms with van der Waals surface area (Å²) in [6, 6.07) is 19.8. The van der Waals surface area contributed by atoms with Gasteiger partial charge in [-0.1, -0.05) is 29.8 Å². The molecular weight excluding hydrogens is 456 g/mol. The van der Waals surface area contributed by atoms with E-state index in [0.29, 0.717) is 40.7 Å². The largest absolute Gasteiger partial charge is 0.490 e. The van der Waals surface area contributed by atoms with Crippen molar-refractivity contribution in [2.75, 3.05) is 37.5 Å². The molecule has 0 aliphatic carbocycles. The van der Waals surface area contributed by atoms with Crippen molar-refractivity contribution in [3.05, 3.63) is 82.9 Å². The average Bonchev–Trinajstić information content (AvgIpc) is 2.85. The van der Waals surface area contributed by atoms with Crippen LogP contribution in [0, 0.1) is 0 Å². The zero-order valence-electron chi connectivity index (χ0n) is 18.9. The summed E-state index contributed by atoms with van der Waals surface area (Å²) in [6.07, 6.45) is -0.0171. The van der Waals surface area contributed by atoms with Gasteiger partial charge in [0, 0.05) is 12.6 Å². The minimum atomic E-state index is -0.371. The summed E-state index contributed by atoms with van der Waals surface area (Å²) in [5.74, 6) is 0.785. The van der Waals surface area contributed by atoms with Crippen molar-refractivity contribution < 1.29 is 23.8 Å². The molecule has 0 radical (unpaired) electrons. The molecule has 34 heavy (non-hydrogen) atoms. The van der Waals surface area contributed by atoms with E-state index in [0.717, 1.165) is 11.4 Å². The summed E-state index contributed by atoms with van der Waals surface area (Å²) in [7, 11) is 3.35. The van der Waals surface area contributed by atoms with Crippen molar-refractivity contribution >= 4 is 34.9 Å². The van der Waals surface area contributed by atoms with Crippen LogP contribution in [0.15, 0.2) is 66.7 Å². The molecule has 7 nitrogen and oxygen atoms in total. The van der Waals surface area contributed by atoms with E-state index >= 15 is 0 Å². The number of ether oxygens (including phenoxy) is 3. The normalized spacial score (nSPS) is 14.6. The monoisotopic (exact) mass is 480 g/mol. The van der Waals surface area contributed by atoms with Crippen LogP contribution in [0.25, 0.3) is 0 Å². The Hall–Kier alpha value is -3.71. The first-order valence-electron chi connectivity index (χ1n) is 10.8. The van der Waals surface area contributed by atoms with Crippen LogP contribution in [0.3, 0.4) is 0 Å². The molecule has 0 unspecified atom stereocenters. The summed E-state index contributed by atoms with van der Waals surface area (Å²) in [6.45, 7) is 1.10. The van der Waals surface area contributed by atoms with E-state index < -0.39 is 0 Å². The number of nitrogens with one attached hydrogen (secondary N) is 1. The van der Waals surface area contributed by atoms with Crippen molar-refractivity contribution in [1.29, 1.82) is 0 Å². The predicted molar refractivity (Wildman–Crippen MR) is 131 cm³/mol. The average molecular weight is 481 g/mol. The molecule has 1 aliphatic rings. The Bertz CT molecular complexity index is 1180. The summed E-state index contributed by atoms with van der Waals surface area (Å²) in [5, 5.41) is 3.16. The highest BCUT2D eigenvalue weighted by molar-refractivity contribution is 6.34. The first-order chi connectivity index (χ1) is 16.4. The van der Waals surface area contributed by atoms with Gasteiger partial charge in [-0.2, -0.15) is 0 Å². The van der Waals surface area contributed by atoms with Gasteiger partial charge in [-0.15, -0.1) is 0 Å². The first kappa shape index (κ1) is 23.4. The predicted octanol–water partition coefficient (Wildman–Crippen LogP) is 4.58. The van der Waals surface area contributed by atoms with Gasteiger partial charge in [0.15, 0.2) is 0 Å². The number of carbonyl (C=O) groups is 2. The van der Waals surface area contributed by atoms with Gasteiger partial charge in [0.25, 0.3) is 5.91 Å². The number of amides is 1. The fraction of sp³-hybridized carbons (Fsp3) is 0.231. The van der Waals surface area contributed by atoms with Crippen LogP contribution in [0.1, 0.15) is 15.9 Å². The summed E-state index contributed by atoms with van der Waals surface area (Å²) < 4.78 is 16.6. The van der Waals surface area contributed by atoms with Crippen LogP contribution in [-0.4, -0.2) is 45.3 Å². The summed E-state index contributed by atoms with van der Waals surface area (Å²) >= 11 is 6.21. The fourth-order valence-electron chi connectivity index (χ4n) is 3.68. The third-order valence-electron chi connectivity index (χ3n) is 5.46. The number of likely N-dealkylation sites (N-methyl/N-ethyl adjacent to an activating group) is 1. The number of esters is 1. The molecule has 3 aromatic rings. The van der Waals surface area contributed by atoms with Crippen molar-refractivity contribution in [3.8, 4) is 11.5 Å². The molecule has 176 valence electrons. The lowest BCUT2D eigenvalue weighted by molar-refractivity contribution is -0.139. The Morgan fingerprint density at radius 2 is 1.88 bits per heavy atom. The molecule has 1 N–H and O–H groups in total. The highest BCUT2D eigenvalue weighted by Gasteiger charge is 2.23. The van der Waals surface area contributed by atoms with Crippen LogP contribution in [0.2, 0.25) is 5.02 Å². The third kappa shape index (κ3) is 5.61. The van der Waals surface area contributed by atoms with Crippen LogP contribution in [-0.2, 0) is 16.0 Å². The van der Waals surface area contributed by atoms with E-state index in [1.807, 2.05) is 31.3 Å². The molecule has 0 fully saturated rings. The van der Waals surface area contributed by atoms with Crippen molar-refractivity contribution in [1.82, 2.24) is 0 Å². The highest BCUT2D eigenvalue weighted by Crippen LogP contribution is 2.32. The van der Waals surface area contributed by atoms with Crippen LogP contribution < -0.4 is 19.7 Å². The molecule has 1 aliphatic heterocycles. The van der Waals surface area contributed by atoms with E-state index in [4.69, 9.17) is 21.1 Å². The number of fused-ring (bicyclic) bond motifs is 1. The number of anilines is 2. The lowest BCUT2D eigenvalue weighted by atomic mass is 10.1. The number of para-hydroxylation sites is 2. The second kappa shape index (κ2) is 10.5. The number of halogens is 1. The molecule has 0 aromatic heterocycles. The van der Waals surface area contributed by atoms with Crippen LogP contribution in [0.4, 0.5) is 11.4 Å². The van der Waals surface area contributed by atoms with Crippen LogP contribution >= 0.6 is 11.6 Å². The molecule has 4 rings (SSSR count). The number of benzene rings is 3. The van der Waals surface area contributed by atoms with E-state index in [-0.39, 0.29) is 24.4 Å². The lowest BCUT2D eigenvalue weighted by Gasteiger charge is -2.33. The molecule has 1 atom stereocenters. The number of rotatable bonds is 7. The summed E-state index contributed by atoms with van der Waals surface area (Å²) in [4.78, 5) is 26.4. The van der Waals surface area contributed by atoms with E-state index in [9.17, 15) is 9.59 Å². The SMILES string of the molecule is COC(=O)Cc1ccc(Cl)c(NC(=O)c2ccc(OC[C@@H]3CN(C)c4ccccc4O3)cc2)c1. The van der Waals surface area contributed by atoms with Gasteiger partial charge in [0.1, 0.15) is 24.2 Å². The van der Waals surface area contributed by atoms with E-state index in [2.05, 4.69) is 15.0 Å². The molecule has 0 saturated heterocycles. The molecular formula is C26H25ClN2O5. The number of nitrogens with zero attached hydrogens (tertiary/aromatic N) is 1. The maximum Gasteiger partial charge on any atom is 0.309 e. The van der Waals surface area contributed by atoms with Gasteiger partial charge in [-0.05, 0) is 54.1 Å². The smallest absolute Gasteiger partial charge is 0.309 e. The molecule has 1 amide bonds. The van der Waals surface area contributed by atoms with Gasteiger partial charge in [0.2, 0.25) is 0 Å². The molecule has 0 bridgehead atoms. The Morgan fingerprint density at radius 1 is 1.12 bits per heavy atom. The van der Waals surface area contributed by atoms with Crippen molar-refractivity contribution in [2.24, 2.45) is 0 Å². The second-order valence-corrected chi connectivity index (χ2v) is 8.35. The van der Waals surface area contributed by atoms with Crippen molar-refractivity contribution in [2.45, 2.75) is 12.5 Å². The Morgan fingerprint density at radius 3 is 2.65 bits per heavy atom. The van der Waals surface area contributed by atoms with Gasteiger partial charge < -0.3 is 24.4 Å². The van der Waals surface area contributed by atoms with Gasteiger partial charge in [-0.3, -0.25) is 9.59 Å². The van der Waals surface area contributed by atoms with Gasteiger partial charge in [0.05, 0.1) is 36.5 Å². The lowest BCUT2D eigenvalue weighted by Crippen LogP contribution is -2.41. The Kier molecular flexibility index (Phi) is 7.23. The molecule has 3 aromatic carbocycles. The zero-order chi connectivity index (χ0) is 24.1. The number of hydrogen-bond acceptors (Lipinski definition) is 6. The van der Waals surface area contributed by atoms with E-state index in [1.165, 1.54) is 7.11 Å². The van der Waals surface area contributed by atoms with Gasteiger partial charge in [-0.25, -0.2) is 0 Å². The summed E-state index contributed by atoms with van der Waals surface area (Å²) in [5.41, 5.74) is 2.62. The minimum absolute atomic E-state index is 0.0919. The highest BCUT2D eigenvalue weighted by atomic mass is 35.5. The Labute approximate surface area is 203 Å². The van der Waals surface area contributed by atoms with Crippen LogP contribution in [0.5, 0.6) is 11.5 Å². The number of methoxy groups -OCH3 is 1. The zero-order valence-corrected chi connectivity index (χ0v) is 19.7. The molecule has 1 heterocycles. The maximum absolute atomic E-state index is 12.7. The maximum atomic E-state index is 12.7. The number of carbonyl (C=O) groups excluding carboxylic acids is 2. The minimum Gasteiger partial charge on any atom is -0.490 e. The quantitative estimate of drug-likeness (QED) is 0.499. The number of hydrogen-bond donors (Lipinski definition) is 1. The first-order valence-corrected chi connectivity index (χ1v) is 11.2. The molecule has 0 spiro atoms. The second-order valence-electron chi connectivity index (χ2n) is 7.94. The topological polar surface area (TPSA) is 77.1 Å². The Balaban J connectivity index is 1.34. The third-order valence-corrected chi connectivity index (χ3v) is 5.78. The van der Waals surface area contributed by atoms with E-state index in [1.54, 1.807) is 42.5 Å². The molecule has 0 saturated carbocycles. The standard InChI is InChI=1S/C26H25ClN2O5/c1-29-15-20(34-24-6-4-3-5-23(24)29)16-33-19-10-8-18(9-11-19)26(31)28-22-13-17(7-12-21(22)27)14-25(30)32-2/h3-13,20H,14-16H2,1-2H3,(H,28,31)/t20-/m0/s1. The van der Waals surface area contributed by atoms with Crippen molar-refractivity contribution in [3.63, 3.8) is 0 Å². The van der Waals surface area contributed by atoms with Gasteiger partial charge >= 0.3 is 5.97 Å².